The molecule has 0 saturated carbocycles. The Morgan fingerprint density at radius 3 is 1.60 bits per heavy atom. The molecule has 0 heterocycles. The van der Waals surface area contributed by atoms with Gasteiger partial charge in [0.25, 0.3) is 5.97 Å². The molecule has 0 aromatic heterocycles. The molecular formula is C3H7F3O3Si. The van der Waals surface area contributed by atoms with Gasteiger partial charge in [-0.05, 0) is 0 Å². The Bertz CT molecular complexity index is 97.7. The molecule has 7 heteroatoms. The molecule has 0 spiro atoms. The Kier molecular flexibility index (Phi) is 6.36. The topological polar surface area (TPSA) is 57.5 Å². The minimum Gasteiger partial charge on any atom is -0.481 e. The molecule has 10 heavy (non-hydrogen) atoms. The highest BCUT2D eigenvalue weighted by Crippen LogP contribution is 2.04. The molecule has 0 aliphatic carbocycles. The van der Waals surface area contributed by atoms with Crippen LogP contribution in [0.1, 0.15) is 6.92 Å². The second kappa shape index (κ2) is 5.24. The molecule has 0 rings (SSSR count). The number of aliphatic hydroxyl groups excluding tert-OH is 1. The molecule has 0 aromatic carbocycles. The van der Waals surface area contributed by atoms with Gasteiger partial charge in [-0.25, -0.2) is 12.3 Å². The van der Waals surface area contributed by atoms with E-state index in [0.717, 1.165) is 6.92 Å². The third-order valence-corrected chi connectivity index (χ3v) is 0.538. The SMILES string of the molecule is CC(=O)O.OC[Si](F)(F)F. The van der Waals surface area contributed by atoms with Crippen LogP contribution in [0.2, 0.25) is 0 Å². The van der Waals surface area contributed by atoms with Gasteiger partial charge in [-0.3, -0.25) is 4.79 Å². The first-order chi connectivity index (χ1) is 4.29. The first-order valence-corrected chi connectivity index (χ1v) is 4.01. The van der Waals surface area contributed by atoms with E-state index in [1.165, 1.54) is 0 Å². The van der Waals surface area contributed by atoms with Crippen molar-refractivity contribution >= 4 is 15.0 Å². The van der Waals surface area contributed by atoms with Crippen molar-refractivity contribution in [1.82, 2.24) is 0 Å². The summed E-state index contributed by atoms with van der Waals surface area (Å²) in [5, 5.41) is 14.8. The van der Waals surface area contributed by atoms with Gasteiger partial charge in [-0.1, -0.05) is 0 Å². The maximum atomic E-state index is 10.7. The first kappa shape index (κ1) is 12.1. The van der Waals surface area contributed by atoms with Crippen molar-refractivity contribution in [3.8, 4) is 0 Å². The van der Waals surface area contributed by atoms with Gasteiger partial charge in [0.15, 0.2) is 0 Å². The zero-order chi connectivity index (χ0) is 8.78. The van der Waals surface area contributed by atoms with Crippen LogP contribution in [0.25, 0.3) is 0 Å². The molecule has 0 fully saturated rings. The first-order valence-electron chi connectivity index (χ1n) is 2.16. The lowest BCUT2D eigenvalue weighted by Crippen LogP contribution is -2.20. The van der Waals surface area contributed by atoms with Gasteiger partial charge in [0.1, 0.15) is 6.23 Å². The fourth-order valence-corrected chi connectivity index (χ4v) is 0. The maximum Gasteiger partial charge on any atom is 0.643 e. The van der Waals surface area contributed by atoms with Crippen LogP contribution in [0.5, 0.6) is 0 Å². The Balaban J connectivity index is 0. The maximum absolute atomic E-state index is 10.7. The summed E-state index contributed by atoms with van der Waals surface area (Å²) in [5.41, 5.74) is 0. The van der Waals surface area contributed by atoms with Gasteiger partial charge >= 0.3 is 9.08 Å². The van der Waals surface area contributed by atoms with E-state index in [-0.39, 0.29) is 0 Å². The molecule has 3 nitrogen and oxygen atoms in total. The van der Waals surface area contributed by atoms with Crippen molar-refractivity contribution in [1.29, 1.82) is 0 Å². The van der Waals surface area contributed by atoms with Crippen molar-refractivity contribution in [2.24, 2.45) is 0 Å². The number of carboxylic acids is 1. The Morgan fingerprint density at radius 2 is 1.60 bits per heavy atom. The van der Waals surface area contributed by atoms with Crippen molar-refractivity contribution in [2.75, 3.05) is 6.23 Å². The number of rotatable bonds is 1. The van der Waals surface area contributed by atoms with E-state index >= 15 is 0 Å². The summed E-state index contributed by atoms with van der Waals surface area (Å²) in [6.45, 7) is 1.08. The van der Waals surface area contributed by atoms with Gasteiger partial charge < -0.3 is 10.2 Å². The van der Waals surface area contributed by atoms with Crippen molar-refractivity contribution < 1.29 is 27.3 Å². The molecular weight excluding hydrogens is 169 g/mol. The lowest BCUT2D eigenvalue weighted by molar-refractivity contribution is -0.134. The third-order valence-electron chi connectivity index (χ3n) is 0.179. The number of halogens is 3. The third kappa shape index (κ3) is 51.9. The fraction of sp³-hybridized carbons (Fsp3) is 0.667. The number of carbonyl (C=O) groups is 1. The summed E-state index contributed by atoms with van der Waals surface area (Å²) in [7, 11) is -5.58. The highest BCUT2D eigenvalue weighted by Gasteiger charge is 2.35. The number of hydrogen-bond donors (Lipinski definition) is 2. The summed E-state index contributed by atoms with van der Waals surface area (Å²) in [6, 6.07) is 0. The van der Waals surface area contributed by atoms with Gasteiger partial charge in [0.05, 0.1) is 0 Å². The van der Waals surface area contributed by atoms with Crippen molar-refractivity contribution in [2.45, 2.75) is 6.92 Å². The monoisotopic (exact) mass is 176 g/mol. The standard InChI is InChI=1S/C2H4O2.CH3F3OSi/c1-2(3)4;2-6(3,4)1-5/h1H3,(H,3,4);5H,1H2. The van der Waals surface area contributed by atoms with Crippen LogP contribution in [-0.4, -0.2) is 31.5 Å². The largest absolute Gasteiger partial charge is 0.643 e. The average molecular weight is 176 g/mol. The summed E-state index contributed by atoms with van der Waals surface area (Å²) >= 11 is 0. The molecule has 62 valence electrons. The Morgan fingerprint density at radius 1 is 1.50 bits per heavy atom. The molecule has 0 aliphatic heterocycles. The van der Waals surface area contributed by atoms with Gasteiger partial charge in [-0.15, -0.1) is 0 Å². The number of aliphatic carboxylic acids is 1. The van der Waals surface area contributed by atoms with E-state index in [2.05, 4.69) is 0 Å². The van der Waals surface area contributed by atoms with Crippen molar-refractivity contribution in [3.63, 3.8) is 0 Å². The average Bonchev–Trinajstić information content (AvgIpc) is 1.63. The molecule has 0 radical (unpaired) electrons. The van der Waals surface area contributed by atoms with Crippen LogP contribution in [0.15, 0.2) is 0 Å². The molecule has 0 aromatic rings. The predicted octanol–water partition coefficient (Wildman–Crippen LogP) is 0.456. The second-order valence-corrected chi connectivity index (χ2v) is 2.84. The van der Waals surface area contributed by atoms with Gasteiger partial charge in [-0.2, -0.15) is 0 Å². The van der Waals surface area contributed by atoms with Gasteiger partial charge in [0.2, 0.25) is 0 Å². The highest BCUT2D eigenvalue weighted by molar-refractivity contribution is 6.58. The van der Waals surface area contributed by atoms with Crippen molar-refractivity contribution in [3.05, 3.63) is 0 Å². The molecule has 0 unspecified atom stereocenters. The lowest BCUT2D eigenvalue weighted by atomic mass is 10.9. The van der Waals surface area contributed by atoms with Gasteiger partial charge in [0, 0.05) is 6.92 Å². The fourth-order valence-electron chi connectivity index (χ4n) is 0. The summed E-state index contributed by atoms with van der Waals surface area (Å²) in [4.78, 5) is 9.00. The zero-order valence-corrected chi connectivity index (χ0v) is 6.14. The minimum atomic E-state index is -5.58. The van der Waals surface area contributed by atoms with Crippen LogP contribution in [-0.2, 0) is 4.79 Å². The summed E-state index contributed by atoms with van der Waals surface area (Å²) in [5.74, 6) is -0.833. The van der Waals surface area contributed by atoms with Crippen LogP contribution in [0.4, 0.5) is 12.3 Å². The minimum absolute atomic E-state index is 0.833. The van der Waals surface area contributed by atoms with E-state index in [1.54, 1.807) is 0 Å². The molecule has 0 amide bonds. The van der Waals surface area contributed by atoms with E-state index in [9.17, 15) is 12.3 Å². The smallest absolute Gasteiger partial charge is 0.481 e. The Labute approximate surface area is 56.6 Å². The molecule has 2 N–H and O–H groups in total. The molecule has 0 bridgehead atoms. The molecule has 0 atom stereocenters. The molecule has 0 aliphatic rings. The molecule has 0 saturated heterocycles. The normalized spacial score (nSPS) is 9.70. The van der Waals surface area contributed by atoms with Crippen LogP contribution in [0, 0.1) is 0 Å². The number of aliphatic hydroxyl groups is 1. The lowest BCUT2D eigenvalue weighted by Gasteiger charge is -1.90. The quantitative estimate of drug-likeness (QED) is 0.450. The van der Waals surface area contributed by atoms with Crippen LogP contribution < -0.4 is 0 Å². The zero-order valence-electron chi connectivity index (χ0n) is 5.14. The highest BCUT2D eigenvalue weighted by atomic mass is 28.5. The number of carboxylic acid groups (broad SMARTS) is 1. The second-order valence-electron chi connectivity index (χ2n) is 1.29. The van der Waals surface area contributed by atoms with E-state index in [4.69, 9.17) is 15.0 Å². The number of hydrogen-bond acceptors (Lipinski definition) is 2. The Hall–Kier alpha value is -0.563. The van der Waals surface area contributed by atoms with Crippen LogP contribution in [0.3, 0.4) is 0 Å². The summed E-state index contributed by atoms with van der Waals surface area (Å²) in [6.07, 6.45) is -1.59. The van der Waals surface area contributed by atoms with E-state index in [1.807, 2.05) is 0 Å². The van der Waals surface area contributed by atoms with E-state index < -0.39 is 21.3 Å². The summed E-state index contributed by atoms with van der Waals surface area (Å²) < 4.78 is 32.0. The predicted molar refractivity (Wildman–Crippen MR) is 29.5 cm³/mol. The van der Waals surface area contributed by atoms with E-state index in [0.29, 0.717) is 0 Å². The van der Waals surface area contributed by atoms with Crippen LogP contribution >= 0.6 is 0 Å².